The average molecular weight is 163 g/mol. The highest BCUT2D eigenvalue weighted by molar-refractivity contribution is 8.00. The van der Waals surface area contributed by atoms with Gasteiger partial charge in [0.05, 0.1) is 5.25 Å². The molecule has 1 heterocycles. The van der Waals surface area contributed by atoms with Gasteiger partial charge in [-0.25, -0.2) is 0 Å². The second-order valence-corrected chi connectivity index (χ2v) is 3.78. The van der Waals surface area contributed by atoms with Gasteiger partial charge in [0.2, 0.25) is 6.29 Å². The number of carbonyl (C=O) groups excluding carboxylic acids is 1. The number of hydrogen-bond donors (Lipinski definition) is 0. The Hall–Kier alpha value is -0.760. The molecule has 0 aliphatic carbocycles. The van der Waals surface area contributed by atoms with E-state index in [4.69, 9.17) is 0 Å². The van der Waals surface area contributed by atoms with Gasteiger partial charge in [0.25, 0.3) is 0 Å². The predicted molar refractivity (Wildman–Crippen MR) is 45.5 cm³/mol. The van der Waals surface area contributed by atoms with Crippen molar-refractivity contribution in [1.82, 2.24) is 0 Å². The summed E-state index contributed by atoms with van der Waals surface area (Å²) in [7, 11) is 0. The van der Waals surface area contributed by atoms with Crippen LogP contribution in [-0.4, -0.2) is 11.5 Å². The van der Waals surface area contributed by atoms with Crippen molar-refractivity contribution in [3.8, 4) is 0 Å². The molecule has 1 nitrogen and oxygen atoms in total. The van der Waals surface area contributed by atoms with Crippen molar-refractivity contribution in [2.75, 3.05) is 0 Å². The van der Waals surface area contributed by atoms with Crippen molar-refractivity contribution in [3.05, 3.63) is 29.8 Å². The summed E-state index contributed by atoms with van der Waals surface area (Å²) >= 11 is 1.61. The van der Waals surface area contributed by atoms with Gasteiger partial charge >= 0.3 is 0 Å². The normalized spacial score (nSPS) is 21.3. The average Bonchev–Trinajstić information content (AvgIpc) is 2.46. The summed E-state index contributed by atoms with van der Waals surface area (Å²) in [4.78, 5) is 11.6. The van der Waals surface area contributed by atoms with Crippen LogP contribution < -0.4 is 0 Å². The molecule has 2 heteroatoms. The van der Waals surface area contributed by atoms with Gasteiger partial charge in [0.15, 0.2) is 0 Å². The minimum Gasteiger partial charge on any atom is -0.290 e. The molecule has 11 heavy (non-hydrogen) atoms. The maximum Gasteiger partial charge on any atom is 0.213 e. The second-order valence-electron chi connectivity index (χ2n) is 2.54. The molecule has 1 aromatic carbocycles. The molecule has 55 valence electrons. The number of hydrogen-bond acceptors (Lipinski definition) is 2. The Labute approximate surface area is 69.8 Å². The lowest BCUT2D eigenvalue weighted by Crippen LogP contribution is -2.00. The third kappa shape index (κ3) is 1.18. The van der Waals surface area contributed by atoms with Gasteiger partial charge in [-0.05, 0) is 18.1 Å². The van der Waals surface area contributed by atoms with Gasteiger partial charge < -0.3 is 0 Å². The molecule has 1 aliphatic rings. The Kier molecular flexibility index (Phi) is 1.70. The fraction of sp³-hybridized carbons (Fsp3) is 0.222. The van der Waals surface area contributed by atoms with Crippen LogP contribution in [0.1, 0.15) is 5.56 Å². The van der Waals surface area contributed by atoms with Crippen LogP contribution >= 0.6 is 11.8 Å². The lowest BCUT2D eigenvalue weighted by atomic mass is 10.1. The highest BCUT2D eigenvalue weighted by atomic mass is 32.2. The molecule has 2 rings (SSSR count). The van der Waals surface area contributed by atoms with Crippen LogP contribution in [0.5, 0.6) is 0 Å². The SMILES string of the molecule is O=[C]C1Cc2ccccc2S1. The van der Waals surface area contributed by atoms with Gasteiger partial charge in [0, 0.05) is 4.90 Å². The molecular weight excluding hydrogens is 156 g/mol. The van der Waals surface area contributed by atoms with Crippen LogP contribution in [-0.2, 0) is 11.2 Å². The summed E-state index contributed by atoms with van der Waals surface area (Å²) in [5.41, 5.74) is 1.28. The minimum absolute atomic E-state index is 0.0346. The molecule has 0 saturated heterocycles. The predicted octanol–water partition coefficient (Wildman–Crippen LogP) is 1.81. The molecule has 1 radical (unpaired) electrons. The van der Waals surface area contributed by atoms with Gasteiger partial charge in [-0.1, -0.05) is 18.2 Å². The van der Waals surface area contributed by atoms with Crippen molar-refractivity contribution >= 4 is 18.0 Å². The van der Waals surface area contributed by atoms with Gasteiger partial charge in [-0.3, -0.25) is 4.79 Å². The van der Waals surface area contributed by atoms with E-state index in [-0.39, 0.29) is 5.25 Å². The van der Waals surface area contributed by atoms with E-state index in [2.05, 4.69) is 12.1 Å². The summed E-state index contributed by atoms with van der Waals surface area (Å²) in [6.45, 7) is 0. The third-order valence-corrected chi connectivity index (χ3v) is 2.98. The molecule has 0 bridgehead atoms. The van der Waals surface area contributed by atoms with Crippen LogP contribution in [0, 0.1) is 0 Å². The zero-order valence-electron chi connectivity index (χ0n) is 5.91. The first-order chi connectivity index (χ1) is 5.40. The van der Waals surface area contributed by atoms with E-state index in [1.165, 1.54) is 10.5 Å². The van der Waals surface area contributed by atoms with E-state index >= 15 is 0 Å². The Bertz CT molecular complexity index is 258. The Morgan fingerprint density at radius 1 is 1.45 bits per heavy atom. The van der Waals surface area contributed by atoms with Crippen LogP contribution in [0.2, 0.25) is 0 Å². The number of rotatable bonds is 1. The molecule has 0 amide bonds. The molecule has 1 atom stereocenters. The number of thioether (sulfide) groups is 1. The Balaban J connectivity index is 2.33. The first-order valence-corrected chi connectivity index (χ1v) is 4.40. The summed E-state index contributed by atoms with van der Waals surface area (Å²) in [6, 6.07) is 8.13. The van der Waals surface area contributed by atoms with Crippen molar-refractivity contribution in [2.24, 2.45) is 0 Å². The molecule has 0 N–H and O–H groups in total. The van der Waals surface area contributed by atoms with Crippen LogP contribution in [0.25, 0.3) is 0 Å². The molecular formula is C9H7OS. The standard InChI is InChI=1S/C9H7OS/c10-6-8-5-7-3-1-2-4-9(7)11-8/h1-4,8H,5H2. The molecule has 0 aromatic heterocycles. The van der Waals surface area contributed by atoms with Crippen LogP contribution in [0.4, 0.5) is 0 Å². The fourth-order valence-corrected chi connectivity index (χ4v) is 2.33. The molecule has 0 fully saturated rings. The Morgan fingerprint density at radius 3 is 3.00 bits per heavy atom. The van der Waals surface area contributed by atoms with Crippen molar-refractivity contribution in [2.45, 2.75) is 16.6 Å². The molecule has 0 spiro atoms. The topological polar surface area (TPSA) is 17.1 Å². The maximum atomic E-state index is 10.3. The highest BCUT2D eigenvalue weighted by Gasteiger charge is 2.21. The van der Waals surface area contributed by atoms with E-state index < -0.39 is 0 Å². The van der Waals surface area contributed by atoms with E-state index in [1.807, 2.05) is 18.4 Å². The van der Waals surface area contributed by atoms with E-state index in [1.54, 1.807) is 11.8 Å². The lowest BCUT2D eigenvalue weighted by molar-refractivity contribution is 0.553. The first-order valence-electron chi connectivity index (χ1n) is 3.52. The maximum absolute atomic E-state index is 10.3. The minimum atomic E-state index is 0.0346. The monoisotopic (exact) mass is 163 g/mol. The lowest BCUT2D eigenvalue weighted by Gasteiger charge is -1.92. The largest absolute Gasteiger partial charge is 0.290 e. The van der Waals surface area contributed by atoms with E-state index in [9.17, 15) is 4.79 Å². The van der Waals surface area contributed by atoms with Crippen LogP contribution in [0.15, 0.2) is 29.2 Å². The molecule has 1 unspecified atom stereocenters. The first kappa shape index (κ1) is 6.92. The molecule has 0 saturated carbocycles. The van der Waals surface area contributed by atoms with E-state index in [0.29, 0.717) is 0 Å². The summed E-state index contributed by atoms with van der Waals surface area (Å²) in [6.07, 6.45) is 2.88. The van der Waals surface area contributed by atoms with Gasteiger partial charge in [0.1, 0.15) is 0 Å². The summed E-state index contributed by atoms with van der Waals surface area (Å²) < 4.78 is 0. The van der Waals surface area contributed by atoms with Gasteiger partial charge in [-0.2, -0.15) is 0 Å². The zero-order chi connectivity index (χ0) is 7.68. The van der Waals surface area contributed by atoms with Gasteiger partial charge in [-0.15, -0.1) is 11.8 Å². The van der Waals surface area contributed by atoms with Crippen LogP contribution in [0.3, 0.4) is 0 Å². The van der Waals surface area contributed by atoms with Crippen molar-refractivity contribution in [1.29, 1.82) is 0 Å². The van der Waals surface area contributed by atoms with E-state index in [0.717, 1.165) is 6.42 Å². The fourth-order valence-electron chi connectivity index (χ4n) is 1.25. The molecule has 1 aromatic rings. The molecule has 1 aliphatic heterocycles. The van der Waals surface area contributed by atoms with Crippen molar-refractivity contribution in [3.63, 3.8) is 0 Å². The Morgan fingerprint density at radius 2 is 2.27 bits per heavy atom. The third-order valence-electron chi connectivity index (χ3n) is 1.78. The van der Waals surface area contributed by atoms with Crippen molar-refractivity contribution < 1.29 is 4.79 Å². The quantitative estimate of drug-likeness (QED) is 0.628. The second kappa shape index (κ2) is 2.70. The zero-order valence-corrected chi connectivity index (χ0v) is 6.73. The number of benzene rings is 1. The smallest absolute Gasteiger partial charge is 0.213 e. The number of fused-ring (bicyclic) bond motifs is 1. The summed E-state index contributed by atoms with van der Waals surface area (Å²) in [5, 5.41) is 0.0346. The summed E-state index contributed by atoms with van der Waals surface area (Å²) in [5.74, 6) is 0. The highest BCUT2D eigenvalue weighted by Crippen LogP contribution is 2.35.